The van der Waals surface area contributed by atoms with E-state index in [0.29, 0.717) is 18.9 Å². The van der Waals surface area contributed by atoms with Crippen LogP contribution in [0.25, 0.3) is 0 Å². The van der Waals surface area contributed by atoms with Gasteiger partial charge < -0.3 is 24.5 Å². The van der Waals surface area contributed by atoms with Gasteiger partial charge in [0.15, 0.2) is 5.82 Å². The maximum absolute atomic E-state index is 11.5. The van der Waals surface area contributed by atoms with E-state index in [9.17, 15) is 9.59 Å². The number of rotatable bonds is 5. The number of hydrogen-bond donors (Lipinski definition) is 2. The molecule has 1 saturated heterocycles. The van der Waals surface area contributed by atoms with Crippen LogP contribution in [-0.2, 0) is 9.53 Å². The van der Waals surface area contributed by atoms with Gasteiger partial charge in [-0.1, -0.05) is 0 Å². The van der Waals surface area contributed by atoms with E-state index in [1.165, 1.54) is 13.4 Å². The summed E-state index contributed by atoms with van der Waals surface area (Å²) in [7, 11) is 1.40. The highest BCUT2D eigenvalue weighted by Gasteiger charge is 2.42. The Morgan fingerprint density at radius 2 is 2.32 bits per heavy atom. The van der Waals surface area contributed by atoms with Gasteiger partial charge in [0, 0.05) is 0 Å². The van der Waals surface area contributed by atoms with E-state index in [4.69, 9.17) is 14.6 Å². The fourth-order valence-electron chi connectivity index (χ4n) is 2.03. The summed E-state index contributed by atoms with van der Waals surface area (Å²) in [6.45, 7) is 2.37. The molecule has 0 spiro atoms. The predicted molar refractivity (Wildman–Crippen MR) is 65.6 cm³/mol. The molecule has 1 aliphatic heterocycles. The van der Waals surface area contributed by atoms with Crippen LogP contribution < -0.4 is 15.2 Å². The van der Waals surface area contributed by atoms with Crippen molar-refractivity contribution in [3.05, 3.63) is 16.7 Å². The van der Waals surface area contributed by atoms with Gasteiger partial charge in [-0.15, -0.1) is 0 Å². The Kier molecular flexibility index (Phi) is 3.43. The van der Waals surface area contributed by atoms with Crippen LogP contribution in [0.3, 0.4) is 0 Å². The van der Waals surface area contributed by atoms with Crippen molar-refractivity contribution < 1.29 is 19.4 Å². The van der Waals surface area contributed by atoms with Crippen LogP contribution in [0.15, 0.2) is 11.1 Å². The number of nitrogens with zero attached hydrogens (tertiary/aromatic N) is 2. The van der Waals surface area contributed by atoms with Crippen molar-refractivity contribution in [2.45, 2.75) is 12.5 Å². The summed E-state index contributed by atoms with van der Waals surface area (Å²) >= 11 is 0. The van der Waals surface area contributed by atoms with E-state index in [-0.39, 0.29) is 17.9 Å². The SMILES string of the molecule is COc1c(N2CC(C)(OCC(=O)O)C2)nc[nH]c1=O. The molecule has 2 N–H and O–H groups in total. The average molecular weight is 269 g/mol. The van der Waals surface area contributed by atoms with Crippen LogP contribution in [0.2, 0.25) is 0 Å². The Bertz CT molecular complexity index is 535. The second kappa shape index (κ2) is 4.88. The fraction of sp³-hybridized carbons (Fsp3) is 0.545. The van der Waals surface area contributed by atoms with Crippen molar-refractivity contribution in [3.63, 3.8) is 0 Å². The highest BCUT2D eigenvalue weighted by atomic mass is 16.5. The van der Waals surface area contributed by atoms with Gasteiger partial charge in [-0.05, 0) is 6.92 Å². The zero-order valence-corrected chi connectivity index (χ0v) is 10.7. The molecule has 0 atom stereocenters. The van der Waals surface area contributed by atoms with Crippen LogP contribution in [0.4, 0.5) is 5.82 Å². The first-order valence-electron chi connectivity index (χ1n) is 5.67. The molecule has 1 aromatic heterocycles. The smallest absolute Gasteiger partial charge is 0.329 e. The first-order chi connectivity index (χ1) is 8.95. The topological polar surface area (TPSA) is 105 Å². The third-order valence-electron chi connectivity index (χ3n) is 2.89. The maximum Gasteiger partial charge on any atom is 0.329 e. The summed E-state index contributed by atoms with van der Waals surface area (Å²) in [6, 6.07) is 0. The van der Waals surface area contributed by atoms with Crippen LogP contribution in [0.1, 0.15) is 6.92 Å². The van der Waals surface area contributed by atoms with Crippen molar-refractivity contribution in [2.24, 2.45) is 0 Å². The highest BCUT2D eigenvalue weighted by molar-refractivity contribution is 5.68. The maximum atomic E-state index is 11.5. The quantitative estimate of drug-likeness (QED) is 0.739. The summed E-state index contributed by atoms with van der Waals surface area (Å²) in [4.78, 5) is 30.3. The summed E-state index contributed by atoms with van der Waals surface area (Å²) in [5.74, 6) is -0.433. The largest absolute Gasteiger partial charge is 0.489 e. The number of carbonyl (C=O) groups is 1. The lowest BCUT2D eigenvalue weighted by atomic mass is 9.96. The Hall–Kier alpha value is -2.09. The number of aromatic amines is 1. The molecule has 0 aromatic carbocycles. The molecule has 1 aliphatic rings. The number of carboxylic acid groups (broad SMARTS) is 1. The molecule has 8 heteroatoms. The lowest BCUT2D eigenvalue weighted by Crippen LogP contribution is -2.62. The molecular formula is C11H15N3O5. The first-order valence-corrected chi connectivity index (χ1v) is 5.67. The number of hydrogen-bond acceptors (Lipinski definition) is 6. The highest BCUT2D eigenvalue weighted by Crippen LogP contribution is 2.32. The van der Waals surface area contributed by atoms with Crippen LogP contribution >= 0.6 is 0 Å². The van der Waals surface area contributed by atoms with Gasteiger partial charge in [0.05, 0.1) is 26.5 Å². The third kappa shape index (κ3) is 2.68. The van der Waals surface area contributed by atoms with Crippen molar-refractivity contribution in [1.82, 2.24) is 9.97 Å². The first kappa shape index (κ1) is 13.3. The van der Waals surface area contributed by atoms with E-state index in [2.05, 4.69) is 9.97 Å². The van der Waals surface area contributed by atoms with E-state index in [1.54, 1.807) is 4.90 Å². The molecule has 0 saturated carbocycles. The standard InChI is InChI=1S/C11H15N3O5/c1-11(19-3-7(15)16)4-14(5-11)9-8(18-2)10(17)13-6-12-9/h6H,3-5H2,1-2H3,(H,15,16)(H,12,13,17). The molecule has 0 aliphatic carbocycles. The second-order valence-electron chi connectivity index (χ2n) is 4.58. The fourth-order valence-corrected chi connectivity index (χ4v) is 2.03. The molecule has 2 heterocycles. The third-order valence-corrected chi connectivity index (χ3v) is 2.89. The van der Waals surface area contributed by atoms with Crippen LogP contribution in [0, 0.1) is 0 Å². The van der Waals surface area contributed by atoms with Crippen molar-refractivity contribution in [2.75, 3.05) is 31.7 Å². The van der Waals surface area contributed by atoms with Crippen molar-refractivity contribution in [1.29, 1.82) is 0 Å². The Morgan fingerprint density at radius 3 is 2.89 bits per heavy atom. The molecule has 0 radical (unpaired) electrons. The van der Waals surface area contributed by atoms with E-state index >= 15 is 0 Å². The molecular weight excluding hydrogens is 254 g/mol. The van der Waals surface area contributed by atoms with Gasteiger partial charge >= 0.3 is 5.97 Å². The number of aromatic nitrogens is 2. The number of H-pyrrole nitrogens is 1. The minimum Gasteiger partial charge on any atom is -0.489 e. The molecule has 0 unspecified atom stereocenters. The van der Waals surface area contributed by atoms with Gasteiger partial charge in [-0.3, -0.25) is 4.79 Å². The molecule has 2 rings (SSSR count). The van der Waals surface area contributed by atoms with Crippen molar-refractivity contribution in [3.8, 4) is 5.75 Å². The van der Waals surface area contributed by atoms with Gasteiger partial charge in [-0.2, -0.15) is 0 Å². The van der Waals surface area contributed by atoms with Gasteiger partial charge in [0.1, 0.15) is 12.2 Å². The van der Waals surface area contributed by atoms with Gasteiger partial charge in [0.2, 0.25) is 5.75 Å². The molecule has 0 bridgehead atoms. The summed E-state index contributed by atoms with van der Waals surface area (Å²) in [5.41, 5.74) is -0.902. The molecule has 8 nitrogen and oxygen atoms in total. The molecule has 104 valence electrons. The van der Waals surface area contributed by atoms with E-state index < -0.39 is 11.6 Å². The number of carboxylic acids is 1. The Morgan fingerprint density at radius 1 is 1.63 bits per heavy atom. The van der Waals surface area contributed by atoms with Gasteiger partial charge in [-0.25, -0.2) is 9.78 Å². The Labute approximate surface area is 109 Å². The number of methoxy groups -OCH3 is 1. The lowest BCUT2D eigenvalue weighted by Gasteiger charge is -2.47. The molecule has 0 amide bonds. The molecule has 1 fully saturated rings. The zero-order valence-electron chi connectivity index (χ0n) is 10.7. The summed E-state index contributed by atoms with van der Waals surface area (Å²) < 4.78 is 10.3. The number of nitrogens with one attached hydrogen (secondary N) is 1. The lowest BCUT2D eigenvalue weighted by molar-refractivity contribution is -0.150. The summed E-state index contributed by atoms with van der Waals surface area (Å²) in [5, 5.41) is 8.58. The number of anilines is 1. The van der Waals surface area contributed by atoms with E-state index in [1.807, 2.05) is 6.92 Å². The summed E-state index contributed by atoms with van der Waals surface area (Å²) in [6.07, 6.45) is 1.30. The van der Waals surface area contributed by atoms with Crippen molar-refractivity contribution >= 4 is 11.8 Å². The monoisotopic (exact) mass is 269 g/mol. The average Bonchev–Trinajstić information content (AvgIpc) is 2.32. The Balaban J connectivity index is 2.06. The number of ether oxygens (including phenoxy) is 2. The van der Waals surface area contributed by atoms with E-state index in [0.717, 1.165) is 0 Å². The van der Waals surface area contributed by atoms with Crippen LogP contribution in [-0.4, -0.2) is 53.5 Å². The zero-order chi connectivity index (χ0) is 14.0. The normalized spacial score (nSPS) is 16.8. The second-order valence-corrected chi connectivity index (χ2v) is 4.58. The minimum atomic E-state index is -1.01. The predicted octanol–water partition coefficient (Wildman–Crippen LogP) is -0.542. The molecule has 19 heavy (non-hydrogen) atoms. The molecule has 1 aromatic rings. The van der Waals surface area contributed by atoms with Gasteiger partial charge in [0.25, 0.3) is 5.56 Å². The number of aliphatic carboxylic acids is 1. The minimum absolute atomic E-state index is 0.141. The van der Waals surface area contributed by atoms with Crippen LogP contribution in [0.5, 0.6) is 5.75 Å².